The molecule has 0 aromatic rings. The van der Waals surface area contributed by atoms with Crippen LogP contribution in [-0.4, -0.2) is 43.3 Å². The van der Waals surface area contributed by atoms with Gasteiger partial charge in [-0.2, -0.15) is 13.2 Å². The van der Waals surface area contributed by atoms with Gasteiger partial charge in [-0.15, -0.1) is 0 Å². The second-order valence-electron chi connectivity index (χ2n) is 5.17. The van der Waals surface area contributed by atoms with Gasteiger partial charge in [0.2, 0.25) is 0 Å². The van der Waals surface area contributed by atoms with Crippen LogP contribution < -0.4 is 5.32 Å². The van der Waals surface area contributed by atoms with Crippen molar-refractivity contribution in [3.05, 3.63) is 0 Å². The number of rotatable bonds is 1. The lowest BCUT2D eigenvalue weighted by Gasteiger charge is -2.43. The highest BCUT2D eigenvalue weighted by Gasteiger charge is 2.39. The Labute approximate surface area is 88.8 Å². The minimum atomic E-state index is -4.10. The lowest BCUT2D eigenvalue weighted by atomic mass is 9.84. The fraction of sp³-hybridized carbons (Fsp3) is 1.00. The van der Waals surface area contributed by atoms with Gasteiger partial charge >= 0.3 is 6.18 Å². The van der Waals surface area contributed by atoms with E-state index in [2.05, 4.69) is 5.32 Å². The molecular formula is C10H19F3N2. The van der Waals surface area contributed by atoms with Crippen LogP contribution in [0.4, 0.5) is 13.2 Å². The first-order valence-corrected chi connectivity index (χ1v) is 5.22. The zero-order chi connectivity index (χ0) is 11.7. The lowest BCUT2D eigenvalue weighted by Crippen LogP contribution is -2.58. The van der Waals surface area contributed by atoms with E-state index in [0.717, 1.165) is 0 Å². The van der Waals surface area contributed by atoms with Crippen molar-refractivity contribution in [1.82, 2.24) is 10.2 Å². The zero-order valence-corrected chi connectivity index (χ0v) is 9.49. The summed E-state index contributed by atoms with van der Waals surface area (Å²) in [5, 5.41) is 3.15. The van der Waals surface area contributed by atoms with Gasteiger partial charge in [-0.25, -0.2) is 0 Å². The molecule has 0 spiro atoms. The van der Waals surface area contributed by atoms with Crippen LogP contribution in [0.15, 0.2) is 0 Å². The Morgan fingerprint density at radius 1 is 1.27 bits per heavy atom. The highest BCUT2D eigenvalue weighted by molar-refractivity contribution is 4.89. The molecule has 0 bridgehead atoms. The van der Waals surface area contributed by atoms with Crippen molar-refractivity contribution in [3.63, 3.8) is 0 Å². The van der Waals surface area contributed by atoms with Gasteiger partial charge in [0, 0.05) is 25.7 Å². The summed E-state index contributed by atoms with van der Waals surface area (Å²) in [5.41, 5.74) is -0.126. The summed E-state index contributed by atoms with van der Waals surface area (Å²) in [6, 6.07) is -0.0483. The van der Waals surface area contributed by atoms with Crippen LogP contribution in [0.5, 0.6) is 0 Å². The van der Waals surface area contributed by atoms with E-state index in [0.29, 0.717) is 19.6 Å². The van der Waals surface area contributed by atoms with Crippen molar-refractivity contribution in [3.8, 4) is 0 Å². The van der Waals surface area contributed by atoms with Crippen LogP contribution in [0.25, 0.3) is 0 Å². The first kappa shape index (κ1) is 12.8. The topological polar surface area (TPSA) is 15.3 Å². The number of nitrogens with zero attached hydrogens (tertiary/aromatic N) is 1. The number of piperazine rings is 1. The van der Waals surface area contributed by atoms with Crippen LogP contribution in [0.2, 0.25) is 0 Å². The minimum absolute atomic E-state index is 0.0483. The van der Waals surface area contributed by atoms with Crippen molar-refractivity contribution in [2.24, 2.45) is 5.41 Å². The average Bonchev–Trinajstić information content (AvgIpc) is 1.99. The number of hydrogen-bond acceptors (Lipinski definition) is 2. The van der Waals surface area contributed by atoms with E-state index in [1.807, 2.05) is 20.8 Å². The molecule has 1 heterocycles. The summed E-state index contributed by atoms with van der Waals surface area (Å²) in [7, 11) is 0. The van der Waals surface area contributed by atoms with Crippen molar-refractivity contribution >= 4 is 0 Å². The Hall–Kier alpha value is -0.290. The Kier molecular flexibility index (Phi) is 3.66. The molecule has 1 saturated heterocycles. The van der Waals surface area contributed by atoms with Gasteiger partial charge in [0.25, 0.3) is 0 Å². The Morgan fingerprint density at radius 2 is 1.87 bits per heavy atom. The smallest absolute Gasteiger partial charge is 0.314 e. The van der Waals surface area contributed by atoms with Crippen LogP contribution in [0.1, 0.15) is 20.8 Å². The van der Waals surface area contributed by atoms with Gasteiger partial charge in [0.1, 0.15) is 0 Å². The molecule has 0 radical (unpaired) electrons. The largest absolute Gasteiger partial charge is 0.401 e. The number of nitrogens with one attached hydrogen (secondary N) is 1. The molecule has 0 saturated carbocycles. The molecule has 0 amide bonds. The fourth-order valence-electron chi connectivity index (χ4n) is 2.02. The fourth-order valence-corrected chi connectivity index (χ4v) is 2.02. The van der Waals surface area contributed by atoms with E-state index < -0.39 is 12.7 Å². The van der Waals surface area contributed by atoms with Gasteiger partial charge in [-0.05, 0) is 5.41 Å². The molecule has 90 valence electrons. The zero-order valence-electron chi connectivity index (χ0n) is 9.49. The van der Waals surface area contributed by atoms with Crippen LogP contribution >= 0.6 is 0 Å². The number of hydrogen-bond donors (Lipinski definition) is 1. The average molecular weight is 224 g/mol. The van der Waals surface area contributed by atoms with Crippen molar-refractivity contribution < 1.29 is 13.2 Å². The van der Waals surface area contributed by atoms with Crippen molar-refractivity contribution in [1.29, 1.82) is 0 Å². The minimum Gasteiger partial charge on any atom is -0.314 e. The number of halogens is 3. The summed E-state index contributed by atoms with van der Waals surface area (Å²) in [6.07, 6.45) is -4.10. The second kappa shape index (κ2) is 4.29. The van der Waals surface area contributed by atoms with Gasteiger partial charge in [-0.1, -0.05) is 20.8 Å². The maximum Gasteiger partial charge on any atom is 0.401 e. The molecule has 1 N–H and O–H groups in total. The molecular weight excluding hydrogens is 205 g/mol. The third-order valence-electron chi connectivity index (χ3n) is 2.74. The third kappa shape index (κ3) is 3.99. The third-order valence-corrected chi connectivity index (χ3v) is 2.74. The molecule has 15 heavy (non-hydrogen) atoms. The van der Waals surface area contributed by atoms with Gasteiger partial charge in [0.15, 0.2) is 0 Å². The maximum absolute atomic E-state index is 12.3. The molecule has 1 unspecified atom stereocenters. The van der Waals surface area contributed by atoms with E-state index in [9.17, 15) is 13.2 Å². The normalized spacial score (nSPS) is 25.6. The molecule has 0 aromatic heterocycles. The first-order chi connectivity index (χ1) is 6.70. The van der Waals surface area contributed by atoms with E-state index >= 15 is 0 Å². The molecule has 0 aromatic carbocycles. The first-order valence-electron chi connectivity index (χ1n) is 5.22. The molecule has 1 aliphatic rings. The van der Waals surface area contributed by atoms with Crippen LogP contribution in [-0.2, 0) is 0 Å². The van der Waals surface area contributed by atoms with Gasteiger partial charge < -0.3 is 5.32 Å². The predicted molar refractivity (Wildman–Crippen MR) is 53.7 cm³/mol. The predicted octanol–water partition coefficient (Wildman–Crippen LogP) is 1.87. The molecule has 0 aliphatic carbocycles. The quantitative estimate of drug-likeness (QED) is 0.731. The monoisotopic (exact) mass is 224 g/mol. The summed E-state index contributed by atoms with van der Waals surface area (Å²) in [4.78, 5) is 1.54. The SMILES string of the molecule is CC(C)(C)C1CNCCN1CC(F)(F)F. The Balaban J connectivity index is 2.66. The lowest BCUT2D eigenvalue weighted by molar-refractivity contribution is -0.157. The molecule has 2 nitrogen and oxygen atoms in total. The number of alkyl halides is 3. The van der Waals surface area contributed by atoms with Gasteiger partial charge in [-0.3, -0.25) is 4.90 Å². The van der Waals surface area contributed by atoms with E-state index in [1.165, 1.54) is 4.90 Å². The summed E-state index contributed by atoms with van der Waals surface area (Å²) in [6.45, 7) is 6.90. The highest BCUT2D eigenvalue weighted by atomic mass is 19.4. The van der Waals surface area contributed by atoms with E-state index in [4.69, 9.17) is 0 Å². The maximum atomic E-state index is 12.3. The van der Waals surface area contributed by atoms with Crippen molar-refractivity contribution in [2.75, 3.05) is 26.2 Å². The molecule has 1 fully saturated rings. The Morgan fingerprint density at radius 3 is 2.33 bits per heavy atom. The van der Waals surface area contributed by atoms with Crippen LogP contribution in [0, 0.1) is 5.41 Å². The van der Waals surface area contributed by atoms with Crippen LogP contribution in [0.3, 0.4) is 0 Å². The molecule has 5 heteroatoms. The standard InChI is InChI=1S/C10H19F3N2/c1-9(2,3)8-6-14-4-5-15(8)7-10(11,12)13/h8,14H,4-7H2,1-3H3. The molecule has 1 atom stereocenters. The molecule has 1 aliphatic heterocycles. The summed E-state index contributed by atoms with van der Waals surface area (Å²) in [5.74, 6) is 0. The van der Waals surface area contributed by atoms with Gasteiger partial charge in [0.05, 0.1) is 6.54 Å². The summed E-state index contributed by atoms with van der Waals surface area (Å²) < 4.78 is 37.0. The van der Waals surface area contributed by atoms with E-state index in [-0.39, 0.29) is 11.5 Å². The summed E-state index contributed by atoms with van der Waals surface area (Å²) >= 11 is 0. The Bertz CT molecular complexity index is 208. The highest BCUT2D eigenvalue weighted by Crippen LogP contribution is 2.28. The van der Waals surface area contributed by atoms with E-state index in [1.54, 1.807) is 0 Å². The second-order valence-corrected chi connectivity index (χ2v) is 5.17. The van der Waals surface area contributed by atoms with Crippen molar-refractivity contribution in [2.45, 2.75) is 33.0 Å². The molecule has 1 rings (SSSR count).